The van der Waals surface area contributed by atoms with Crippen LogP contribution in [0.5, 0.6) is 11.5 Å². The van der Waals surface area contributed by atoms with Crippen molar-refractivity contribution in [1.29, 1.82) is 0 Å². The average Bonchev–Trinajstić information content (AvgIpc) is 2.64. The van der Waals surface area contributed by atoms with Gasteiger partial charge in [0.15, 0.2) is 5.75 Å². The van der Waals surface area contributed by atoms with E-state index in [0.717, 1.165) is 35.0 Å². The Morgan fingerprint density at radius 1 is 1.35 bits per heavy atom. The Balaban J connectivity index is 2.24. The fraction of sp³-hybridized carbons (Fsp3) is 0.467. The van der Waals surface area contributed by atoms with Crippen molar-refractivity contribution >= 4 is 0 Å². The van der Waals surface area contributed by atoms with Crippen LogP contribution in [0.3, 0.4) is 0 Å². The van der Waals surface area contributed by atoms with Crippen molar-refractivity contribution in [2.75, 3.05) is 0 Å². The average molecular weight is 274 g/mol. The van der Waals surface area contributed by atoms with Gasteiger partial charge >= 0.3 is 0 Å². The van der Waals surface area contributed by atoms with Gasteiger partial charge in [0.1, 0.15) is 11.4 Å². The fourth-order valence-electron chi connectivity index (χ4n) is 1.97. The maximum Gasteiger partial charge on any atom is 0.171 e. The highest BCUT2D eigenvalue weighted by molar-refractivity contribution is 5.40. The molecule has 2 aromatic heterocycles. The number of aryl methyl sites for hydroxylation is 2. The minimum Gasteiger partial charge on any atom is -0.453 e. The van der Waals surface area contributed by atoms with Crippen LogP contribution in [0.15, 0.2) is 18.5 Å². The van der Waals surface area contributed by atoms with Crippen molar-refractivity contribution in [3.8, 4) is 11.5 Å². The maximum absolute atomic E-state index is 6.06. The number of rotatable bonds is 5. The predicted octanol–water partition coefficient (Wildman–Crippen LogP) is 2.72. The largest absolute Gasteiger partial charge is 0.453 e. The molecule has 2 heterocycles. The highest BCUT2D eigenvalue weighted by Crippen LogP contribution is 2.29. The van der Waals surface area contributed by atoms with E-state index in [1.165, 1.54) is 0 Å². The van der Waals surface area contributed by atoms with Crippen molar-refractivity contribution in [2.45, 2.75) is 40.3 Å². The first-order valence-electron chi connectivity index (χ1n) is 6.83. The Kier molecular flexibility index (Phi) is 4.39. The van der Waals surface area contributed by atoms with Gasteiger partial charge in [-0.25, -0.2) is 0 Å². The molecule has 0 spiro atoms. The summed E-state index contributed by atoms with van der Waals surface area (Å²) >= 11 is 0. The lowest BCUT2D eigenvalue weighted by molar-refractivity contribution is 0.461. The lowest BCUT2D eigenvalue weighted by Gasteiger charge is -2.13. The Morgan fingerprint density at radius 2 is 2.10 bits per heavy atom. The summed E-state index contributed by atoms with van der Waals surface area (Å²) < 4.78 is 7.89. The van der Waals surface area contributed by atoms with Crippen LogP contribution in [0.1, 0.15) is 30.8 Å². The zero-order chi connectivity index (χ0) is 14.7. The van der Waals surface area contributed by atoms with Gasteiger partial charge in [-0.3, -0.25) is 9.67 Å². The standard InChI is InChI=1S/C15H22N4O/c1-10(2)17-9-13-8-16-7-6-14(13)20-15-11(3)18-19(5)12(15)4/h6-8,10,17H,9H2,1-5H3. The first-order chi connectivity index (χ1) is 9.49. The molecular formula is C15H22N4O. The van der Waals surface area contributed by atoms with Crippen LogP contribution in [-0.4, -0.2) is 20.8 Å². The number of hydrogen-bond donors (Lipinski definition) is 1. The highest BCUT2D eigenvalue weighted by Gasteiger charge is 2.13. The van der Waals surface area contributed by atoms with Crippen LogP contribution in [0, 0.1) is 13.8 Å². The van der Waals surface area contributed by atoms with E-state index in [-0.39, 0.29) is 0 Å². The predicted molar refractivity (Wildman–Crippen MR) is 79.0 cm³/mol. The number of ether oxygens (including phenoxy) is 1. The molecule has 0 aliphatic heterocycles. The molecule has 0 aromatic carbocycles. The summed E-state index contributed by atoms with van der Waals surface area (Å²) in [5.74, 6) is 1.65. The summed E-state index contributed by atoms with van der Waals surface area (Å²) in [7, 11) is 1.92. The highest BCUT2D eigenvalue weighted by atomic mass is 16.5. The molecule has 0 fully saturated rings. The van der Waals surface area contributed by atoms with E-state index in [0.29, 0.717) is 6.04 Å². The third kappa shape index (κ3) is 3.17. The molecule has 108 valence electrons. The Bertz CT molecular complexity index is 590. The van der Waals surface area contributed by atoms with Gasteiger partial charge in [-0.2, -0.15) is 5.10 Å². The van der Waals surface area contributed by atoms with Gasteiger partial charge in [-0.05, 0) is 19.9 Å². The molecule has 2 rings (SSSR count). The van der Waals surface area contributed by atoms with E-state index in [4.69, 9.17) is 4.74 Å². The molecule has 0 unspecified atom stereocenters. The summed E-state index contributed by atoms with van der Waals surface area (Å²) in [5, 5.41) is 7.75. The third-order valence-electron chi connectivity index (χ3n) is 3.21. The smallest absolute Gasteiger partial charge is 0.171 e. The first-order valence-corrected chi connectivity index (χ1v) is 6.83. The molecule has 20 heavy (non-hydrogen) atoms. The van der Waals surface area contributed by atoms with Gasteiger partial charge < -0.3 is 10.1 Å². The molecule has 1 N–H and O–H groups in total. The van der Waals surface area contributed by atoms with Crippen molar-refractivity contribution in [2.24, 2.45) is 7.05 Å². The molecule has 0 amide bonds. The molecule has 0 saturated carbocycles. The normalized spacial score (nSPS) is 11.1. The molecule has 0 atom stereocenters. The Morgan fingerprint density at radius 3 is 2.70 bits per heavy atom. The van der Waals surface area contributed by atoms with Crippen LogP contribution in [0.4, 0.5) is 0 Å². The molecule has 2 aromatic rings. The second-order valence-corrected chi connectivity index (χ2v) is 5.24. The second-order valence-electron chi connectivity index (χ2n) is 5.24. The molecular weight excluding hydrogens is 252 g/mol. The van der Waals surface area contributed by atoms with Gasteiger partial charge in [0.2, 0.25) is 0 Å². The van der Waals surface area contributed by atoms with E-state index >= 15 is 0 Å². The van der Waals surface area contributed by atoms with Crippen LogP contribution in [0.25, 0.3) is 0 Å². The van der Waals surface area contributed by atoms with Crippen molar-refractivity contribution < 1.29 is 4.74 Å². The molecule has 0 aliphatic carbocycles. The van der Waals surface area contributed by atoms with Crippen LogP contribution >= 0.6 is 0 Å². The van der Waals surface area contributed by atoms with Crippen molar-refractivity contribution in [3.63, 3.8) is 0 Å². The second kappa shape index (κ2) is 6.05. The van der Waals surface area contributed by atoms with E-state index in [9.17, 15) is 0 Å². The topological polar surface area (TPSA) is 52.0 Å². The Hall–Kier alpha value is -1.88. The number of nitrogens with one attached hydrogen (secondary N) is 1. The van der Waals surface area contributed by atoms with Gasteiger partial charge in [-0.15, -0.1) is 0 Å². The molecule has 0 radical (unpaired) electrons. The quantitative estimate of drug-likeness (QED) is 0.911. The van der Waals surface area contributed by atoms with Gasteiger partial charge in [0.05, 0.1) is 5.69 Å². The number of nitrogens with zero attached hydrogens (tertiary/aromatic N) is 3. The Labute approximate surface area is 120 Å². The summed E-state index contributed by atoms with van der Waals surface area (Å²) in [4.78, 5) is 4.17. The van der Waals surface area contributed by atoms with Crippen LogP contribution in [0.2, 0.25) is 0 Å². The van der Waals surface area contributed by atoms with E-state index in [1.807, 2.05) is 37.8 Å². The lowest BCUT2D eigenvalue weighted by atomic mass is 10.2. The molecule has 0 saturated heterocycles. The third-order valence-corrected chi connectivity index (χ3v) is 3.21. The number of aromatic nitrogens is 3. The zero-order valence-corrected chi connectivity index (χ0v) is 12.8. The summed E-state index contributed by atoms with van der Waals surface area (Å²) in [5.41, 5.74) is 2.95. The van der Waals surface area contributed by atoms with E-state index < -0.39 is 0 Å². The van der Waals surface area contributed by atoms with Crippen molar-refractivity contribution in [1.82, 2.24) is 20.1 Å². The molecule has 5 nitrogen and oxygen atoms in total. The van der Waals surface area contributed by atoms with E-state index in [1.54, 1.807) is 6.20 Å². The van der Waals surface area contributed by atoms with Gasteiger partial charge in [-0.1, -0.05) is 13.8 Å². The molecule has 0 aliphatic rings. The van der Waals surface area contributed by atoms with Crippen LogP contribution < -0.4 is 10.1 Å². The van der Waals surface area contributed by atoms with E-state index in [2.05, 4.69) is 29.2 Å². The summed E-state index contributed by atoms with van der Waals surface area (Å²) in [6.45, 7) is 8.93. The SMILES string of the molecule is Cc1nn(C)c(C)c1Oc1ccncc1CNC(C)C. The van der Waals surface area contributed by atoms with Crippen molar-refractivity contribution in [3.05, 3.63) is 35.4 Å². The monoisotopic (exact) mass is 274 g/mol. The first kappa shape index (κ1) is 14.5. The molecule has 0 bridgehead atoms. The van der Waals surface area contributed by atoms with Gasteiger partial charge in [0.25, 0.3) is 0 Å². The summed E-state index contributed by atoms with van der Waals surface area (Å²) in [6, 6.07) is 2.31. The minimum absolute atomic E-state index is 0.421. The van der Waals surface area contributed by atoms with Crippen LogP contribution in [-0.2, 0) is 13.6 Å². The fourth-order valence-corrected chi connectivity index (χ4v) is 1.97. The summed E-state index contributed by atoms with van der Waals surface area (Å²) in [6.07, 6.45) is 3.58. The lowest BCUT2D eigenvalue weighted by Crippen LogP contribution is -2.22. The van der Waals surface area contributed by atoms with Gasteiger partial charge in [0, 0.05) is 37.6 Å². The number of pyridine rings is 1. The molecule has 5 heteroatoms. The maximum atomic E-state index is 6.06. The zero-order valence-electron chi connectivity index (χ0n) is 12.8. The number of hydrogen-bond acceptors (Lipinski definition) is 4. The minimum atomic E-state index is 0.421.